The molecule has 270 valence electrons. The second-order valence-electron chi connectivity index (χ2n) is 15.3. The fourth-order valence-electron chi connectivity index (χ4n) is 9.18. The van der Waals surface area contributed by atoms with Gasteiger partial charge in [-0.1, -0.05) is 72.1 Å². The third-order valence-corrected chi connectivity index (χ3v) is 14.6. The van der Waals surface area contributed by atoms with Crippen LogP contribution in [0.2, 0.25) is 18.6 Å². The maximum atomic E-state index is 15.0. The summed E-state index contributed by atoms with van der Waals surface area (Å²) in [5.74, 6) is -0.663. The highest BCUT2D eigenvalue weighted by Crippen LogP contribution is 2.60. The van der Waals surface area contributed by atoms with Crippen molar-refractivity contribution in [3.05, 3.63) is 93.5 Å². The SMILES string of the molecule is C[C@H]1[C@H]([Si](C)(C)O)[C@@H](CC(=O)N2Cc3ccccc3C[C@H]2CO)O[C@]12C(=O)N(Cc1cccc(N3CCCCCCC3=O)c1)c1ccc(Br)cc12. The first-order valence-electron chi connectivity index (χ1n) is 18.3. The lowest BCUT2D eigenvalue weighted by molar-refractivity contribution is -0.151. The molecular formula is C40H48BrN3O6Si. The number of halogens is 1. The Labute approximate surface area is 309 Å². The summed E-state index contributed by atoms with van der Waals surface area (Å²) in [4.78, 5) is 59.4. The van der Waals surface area contributed by atoms with Gasteiger partial charge in [-0.25, -0.2) is 0 Å². The highest BCUT2D eigenvalue weighted by molar-refractivity contribution is 9.10. The van der Waals surface area contributed by atoms with Crippen molar-refractivity contribution < 1.29 is 29.0 Å². The first-order chi connectivity index (χ1) is 24.4. The first-order valence-corrected chi connectivity index (χ1v) is 22.1. The number of carbonyl (C=O) groups is 3. The lowest BCUT2D eigenvalue weighted by atomic mass is 9.82. The van der Waals surface area contributed by atoms with Crippen LogP contribution in [0, 0.1) is 5.92 Å². The molecule has 11 heteroatoms. The topological polar surface area (TPSA) is 111 Å². The summed E-state index contributed by atoms with van der Waals surface area (Å²) < 4.78 is 7.79. The van der Waals surface area contributed by atoms with Crippen molar-refractivity contribution in [2.75, 3.05) is 23.0 Å². The molecule has 51 heavy (non-hydrogen) atoms. The number of ether oxygens (including phenoxy) is 1. The van der Waals surface area contributed by atoms with E-state index in [4.69, 9.17) is 4.74 Å². The molecule has 3 amide bonds. The third-order valence-electron chi connectivity index (χ3n) is 11.6. The van der Waals surface area contributed by atoms with Crippen molar-refractivity contribution in [1.82, 2.24) is 4.90 Å². The number of nitrogens with zero attached hydrogens (tertiary/aromatic N) is 3. The number of rotatable bonds is 7. The lowest BCUT2D eigenvalue weighted by Gasteiger charge is -2.37. The molecule has 4 aliphatic rings. The molecule has 9 nitrogen and oxygen atoms in total. The molecule has 0 aromatic heterocycles. The van der Waals surface area contributed by atoms with Gasteiger partial charge in [0, 0.05) is 46.7 Å². The highest BCUT2D eigenvalue weighted by atomic mass is 79.9. The monoisotopic (exact) mass is 773 g/mol. The summed E-state index contributed by atoms with van der Waals surface area (Å²) in [5, 5.41) is 10.3. The molecule has 7 rings (SSSR count). The minimum atomic E-state index is -3.01. The Morgan fingerprint density at radius 3 is 2.53 bits per heavy atom. The molecule has 2 saturated heterocycles. The van der Waals surface area contributed by atoms with Gasteiger partial charge >= 0.3 is 0 Å². The molecule has 0 radical (unpaired) electrons. The summed E-state index contributed by atoms with van der Waals surface area (Å²) in [6.07, 6.45) is 4.44. The van der Waals surface area contributed by atoms with Crippen molar-refractivity contribution in [3.8, 4) is 0 Å². The molecule has 3 aromatic rings. The van der Waals surface area contributed by atoms with Crippen molar-refractivity contribution in [2.24, 2.45) is 5.92 Å². The third kappa shape index (κ3) is 6.61. The Kier molecular flexibility index (Phi) is 10.1. The largest absolute Gasteiger partial charge is 0.432 e. The molecule has 4 heterocycles. The number of anilines is 2. The highest BCUT2D eigenvalue weighted by Gasteiger charge is 2.66. The standard InChI is InChI=1S/C40H48BrN3O6Si/c1-26-38(51(2,3)49)35(22-37(47)43-24-29-13-8-7-12-28(29)20-32(43)25-45)50-40(26)33-21-30(41)16-17-34(33)44(39(40)48)23-27-11-10-14-31(19-27)42-18-9-5-4-6-15-36(42)46/h7-8,10-14,16-17,19,21,26,32,35,38,45,49H,4-6,9,15,18,20,22-25H2,1-3H3/t26-,32-,35+,38-,40+/m0/s1. The molecular weight excluding hydrogens is 726 g/mol. The second-order valence-corrected chi connectivity index (χ2v) is 20.2. The van der Waals surface area contributed by atoms with Crippen LogP contribution in [0.3, 0.4) is 0 Å². The van der Waals surface area contributed by atoms with Crippen molar-refractivity contribution in [3.63, 3.8) is 0 Å². The maximum Gasteiger partial charge on any atom is 0.264 e. The zero-order valence-electron chi connectivity index (χ0n) is 29.7. The van der Waals surface area contributed by atoms with Crippen LogP contribution in [0.25, 0.3) is 0 Å². The van der Waals surface area contributed by atoms with Crippen LogP contribution in [-0.2, 0) is 44.2 Å². The van der Waals surface area contributed by atoms with Gasteiger partial charge in [0.25, 0.3) is 5.91 Å². The molecule has 0 unspecified atom stereocenters. The van der Waals surface area contributed by atoms with Gasteiger partial charge in [-0.15, -0.1) is 0 Å². The second kappa shape index (κ2) is 14.2. The molecule has 5 atom stereocenters. The van der Waals surface area contributed by atoms with Crippen LogP contribution in [0.1, 0.15) is 67.7 Å². The molecule has 2 fully saturated rings. The summed E-state index contributed by atoms with van der Waals surface area (Å²) in [7, 11) is -3.01. The van der Waals surface area contributed by atoms with Crippen LogP contribution in [0.15, 0.2) is 71.2 Å². The Morgan fingerprint density at radius 2 is 1.76 bits per heavy atom. The Balaban J connectivity index is 1.20. The molecule has 4 aliphatic heterocycles. The predicted octanol–water partition coefficient (Wildman–Crippen LogP) is 6.43. The van der Waals surface area contributed by atoms with Crippen molar-refractivity contribution in [2.45, 2.75) is 101 Å². The van der Waals surface area contributed by atoms with E-state index in [1.807, 2.05) is 91.6 Å². The number of carbonyl (C=O) groups excluding carboxylic acids is 3. The van der Waals surface area contributed by atoms with Gasteiger partial charge in [0.15, 0.2) is 13.9 Å². The van der Waals surface area contributed by atoms with E-state index in [2.05, 4.69) is 15.9 Å². The van der Waals surface area contributed by atoms with Gasteiger partial charge in [0.1, 0.15) is 0 Å². The fraction of sp³-hybridized carbons (Fsp3) is 0.475. The summed E-state index contributed by atoms with van der Waals surface area (Å²) in [6, 6.07) is 21.3. The maximum absolute atomic E-state index is 15.0. The minimum Gasteiger partial charge on any atom is -0.432 e. The molecule has 1 spiro atoms. The Bertz CT molecular complexity index is 1830. The summed E-state index contributed by atoms with van der Waals surface area (Å²) in [6.45, 7) is 6.90. The zero-order chi connectivity index (χ0) is 36.1. The van der Waals surface area contributed by atoms with Crippen LogP contribution in [0.5, 0.6) is 0 Å². The average Bonchev–Trinajstić information content (AvgIpc) is 3.51. The van der Waals surface area contributed by atoms with Gasteiger partial charge in [0.05, 0.1) is 37.4 Å². The fourth-order valence-corrected chi connectivity index (χ4v) is 12.1. The summed E-state index contributed by atoms with van der Waals surface area (Å²) in [5.41, 5.74) is 3.57. The molecule has 0 saturated carbocycles. The molecule has 0 bridgehead atoms. The van der Waals surface area contributed by atoms with Gasteiger partial charge in [-0.3, -0.25) is 14.4 Å². The van der Waals surface area contributed by atoms with Gasteiger partial charge < -0.3 is 29.3 Å². The Hall–Kier alpha value is -3.35. The number of fused-ring (bicyclic) bond motifs is 3. The molecule has 3 aromatic carbocycles. The van der Waals surface area contributed by atoms with E-state index < -0.39 is 31.5 Å². The number of aliphatic hydroxyl groups is 1. The average molecular weight is 775 g/mol. The van der Waals surface area contributed by atoms with E-state index in [1.165, 1.54) is 0 Å². The Morgan fingerprint density at radius 1 is 1.00 bits per heavy atom. The number of hydrogen-bond acceptors (Lipinski definition) is 6. The van der Waals surface area contributed by atoms with Gasteiger partial charge in [0.2, 0.25) is 11.8 Å². The first kappa shape index (κ1) is 36.0. The van der Waals surface area contributed by atoms with Crippen LogP contribution in [-0.4, -0.2) is 66.1 Å². The van der Waals surface area contributed by atoms with E-state index >= 15 is 4.79 Å². The zero-order valence-corrected chi connectivity index (χ0v) is 32.3. The van der Waals surface area contributed by atoms with Crippen LogP contribution >= 0.6 is 15.9 Å². The van der Waals surface area contributed by atoms with E-state index in [-0.39, 0.29) is 43.3 Å². The van der Waals surface area contributed by atoms with Crippen molar-refractivity contribution in [1.29, 1.82) is 0 Å². The van der Waals surface area contributed by atoms with E-state index in [1.54, 1.807) is 9.80 Å². The summed E-state index contributed by atoms with van der Waals surface area (Å²) >= 11 is 3.64. The van der Waals surface area contributed by atoms with Crippen LogP contribution < -0.4 is 9.80 Å². The quantitative estimate of drug-likeness (QED) is 0.268. The molecule has 0 aliphatic carbocycles. The minimum absolute atomic E-state index is 0.00502. The lowest BCUT2D eigenvalue weighted by Crippen LogP contribution is -2.48. The molecule has 2 N–H and O–H groups in total. The van der Waals surface area contributed by atoms with E-state index in [0.717, 1.165) is 63.8 Å². The predicted molar refractivity (Wildman–Crippen MR) is 203 cm³/mol. The van der Waals surface area contributed by atoms with Gasteiger partial charge in [-0.05, 0) is 79.4 Å². The van der Waals surface area contributed by atoms with E-state index in [9.17, 15) is 19.5 Å². The number of benzene rings is 3. The smallest absolute Gasteiger partial charge is 0.264 e. The van der Waals surface area contributed by atoms with Gasteiger partial charge in [-0.2, -0.15) is 0 Å². The number of hydrogen-bond donors (Lipinski definition) is 2. The normalized spacial score (nSPS) is 26.7. The van der Waals surface area contributed by atoms with Crippen LogP contribution in [0.4, 0.5) is 11.4 Å². The number of amides is 3. The van der Waals surface area contributed by atoms with E-state index in [0.29, 0.717) is 25.9 Å². The van der Waals surface area contributed by atoms with Crippen molar-refractivity contribution >= 4 is 53.3 Å². The number of aliphatic hydroxyl groups excluding tert-OH is 1.